The highest BCUT2D eigenvalue weighted by molar-refractivity contribution is 14.1. The van der Waals surface area contributed by atoms with Gasteiger partial charge in [-0.2, -0.15) is 0 Å². The lowest BCUT2D eigenvalue weighted by Crippen LogP contribution is -2.42. The summed E-state index contributed by atoms with van der Waals surface area (Å²) < 4.78 is 0.770. The maximum Gasteiger partial charge on any atom is 0.253 e. The van der Waals surface area contributed by atoms with E-state index in [2.05, 4.69) is 10.6 Å². The number of nitrogens with one attached hydrogen (secondary N) is 2. The van der Waals surface area contributed by atoms with Crippen molar-refractivity contribution in [3.05, 3.63) is 23.8 Å². The minimum Gasteiger partial charge on any atom is -0.398 e. The smallest absolute Gasteiger partial charge is 0.253 e. The number of aliphatic hydroxyl groups is 4. The minimum absolute atomic E-state index is 0.149. The van der Waals surface area contributed by atoms with Crippen LogP contribution in [0.15, 0.2) is 0 Å². The minimum atomic E-state index is -0.845. The summed E-state index contributed by atoms with van der Waals surface area (Å²) in [5.74, 6) is -1.17. The van der Waals surface area contributed by atoms with Gasteiger partial charge >= 0.3 is 0 Å². The molecular formula is C17H27I2N3O6. The van der Waals surface area contributed by atoms with Crippen molar-refractivity contribution in [2.45, 2.75) is 32.9 Å². The zero-order valence-corrected chi connectivity index (χ0v) is 20.2. The highest BCUT2D eigenvalue weighted by Gasteiger charge is 2.27. The Morgan fingerprint density at radius 3 is 1.57 bits per heavy atom. The number of carbonyl (C=O) groups is 2. The molecule has 0 aromatic heterocycles. The number of rotatable bonds is 8. The Labute approximate surface area is 191 Å². The molecular weight excluding hydrogens is 596 g/mol. The summed E-state index contributed by atoms with van der Waals surface area (Å²) in [6.45, 7) is 3.85. The second-order valence-corrected chi connectivity index (χ2v) is 7.65. The Morgan fingerprint density at radius 1 is 0.857 bits per heavy atom. The van der Waals surface area contributed by atoms with Gasteiger partial charge in [-0.1, -0.05) is 13.8 Å². The zero-order valence-electron chi connectivity index (χ0n) is 15.9. The number of hydrogen-bond donors (Lipinski definition) is 7. The standard InChI is InChI=1S/C15H21I2N3O6.C2H6/c1-6-9(14(25)19-7(2-21)3-22)11(16)10(12(17)13(6)18)15(26)20-8(4-23)5-24;1-2/h7-8,21-24H,2-5,18H2,1H3,(H,19,25)(H,20,26);1-2H3. The summed E-state index contributed by atoms with van der Waals surface area (Å²) in [6.07, 6.45) is 0. The van der Waals surface area contributed by atoms with Gasteiger partial charge in [0.1, 0.15) is 0 Å². The van der Waals surface area contributed by atoms with Crippen LogP contribution in [0.1, 0.15) is 40.1 Å². The lowest BCUT2D eigenvalue weighted by molar-refractivity contribution is 0.0874. The van der Waals surface area contributed by atoms with Crippen molar-refractivity contribution in [1.82, 2.24) is 10.6 Å². The first kappa shape index (κ1) is 27.3. The first-order valence-electron chi connectivity index (χ1n) is 8.55. The molecule has 0 heterocycles. The summed E-state index contributed by atoms with van der Waals surface area (Å²) in [5.41, 5.74) is 7.06. The third-order valence-corrected chi connectivity index (χ3v) is 5.88. The van der Waals surface area contributed by atoms with Crippen LogP contribution in [-0.2, 0) is 0 Å². The summed E-state index contributed by atoms with van der Waals surface area (Å²) in [4.78, 5) is 25.2. The van der Waals surface area contributed by atoms with E-state index in [1.165, 1.54) is 0 Å². The van der Waals surface area contributed by atoms with Gasteiger partial charge in [0.05, 0.1) is 53.2 Å². The average Bonchev–Trinajstić information content (AvgIpc) is 2.70. The highest BCUT2D eigenvalue weighted by atomic mass is 127. The number of amides is 2. The lowest BCUT2D eigenvalue weighted by Gasteiger charge is -2.21. The SMILES string of the molecule is CC.Cc1c(N)c(I)c(C(=O)NC(CO)CO)c(I)c1C(=O)NC(CO)CO. The van der Waals surface area contributed by atoms with Crippen LogP contribution in [0, 0.1) is 14.1 Å². The van der Waals surface area contributed by atoms with Crippen LogP contribution in [0.4, 0.5) is 5.69 Å². The summed E-state index contributed by atoms with van der Waals surface area (Å²) in [6, 6.07) is -1.69. The van der Waals surface area contributed by atoms with E-state index >= 15 is 0 Å². The molecule has 0 radical (unpaired) electrons. The van der Waals surface area contributed by atoms with Gasteiger partial charge in [-0.25, -0.2) is 0 Å². The van der Waals surface area contributed by atoms with Crippen LogP contribution < -0.4 is 16.4 Å². The molecule has 11 heteroatoms. The Hall–Kier alpha value is -0.740. The van der Waals surface area contributed by atoms with Gasteiger partial charge < -0.3 is 36.8 Å². The lowest BCUT2D eigenvalue weighted by atomic mass is 10.0. The zero-order chi connectivity index (χ0) is 22.0. The predicted octanol–water partition coefficient (Wildman–Crippen LogP) is -0.0214. The van der Waals surface area contributed by atoms with Crippen molar-refractivity contribution in [3.8, 4) is 0 Å². The van der Waals surface area contributed by atoms with E-state index in [9.17, 15) is 9.59 Å². The molecule has 0 bridgehead atoms. The van der Waals surface area contributed by atoms with Crippen LogP contribution in [0.3, 0.4) is 0 Å². The van der Waals surface area contributed by atoms with Gasteiger partial charge in [-0.3, -0.25) is 9.59 Å². The molecule has 28 heavy (non-hydrogen) atoms. The molecule has 0 fully saturated rings. The molecule has 9 nitrogen and oxygen atoms in total. The average molecular weight is 623 g/mol. The van der Waals surface area contributed by atoms with Gasteiger partial charge in [0, 0.05) is 9.26 Å². The van der Waals surface area contributed by atoms with Gasteiger partial charge in [0.2, 0.25) is 0 Å². The van der Waals surface area contributed by atoms with Crippen LogP contribution >= 0.6 is 45.2 Å². The van der Waals surface area contributed by atoms with Gasteiger partial charge in [0.15, 0.2) is 0 Å². The summed E-state index contributed by atoms with van der Waals surface area (Å²) in [5, 5.41) is 41.5. The van der Waals surface area contributed by atoms with Crippen LogP contribution in [0.2, 0.25) is 0 Å². The fourth-order valence-electron chi connectivity index (χ4n) is 2.10. The number of benzene rings is 1. The molecule has 8 N–H and O–H groups in total. The van der Waals surface area contributed by atoms with E-state index in [1.807, 2.05) is 59.0 Å². The van der Waals surface area contributed by atoms with E-state index < -0.39 is 50.3 Å². The number of carbonyl (C=O) groups excluding carboxylic acids is 2. The number of anilines is 1. The van der Waals surface area contributed by atoms with Crippen molar-refractivity contribution in [1.29, 1.82) is 0 Å². The van der Waals surface area contributed by atoms with Crippen molar-refractivity contribution in [3.63, 3.8) is 0 Å². The normalized spacial score (nSPS) is 10.5. The summed E-state index contributed by atoms with van der Waals surface area (Å²) >= 11 is 3.74. The molecule has 0 aliphatic rings. The topological polar surface area (TPSA) is 165 Å². The largest absolute Gasteiger partial charge is 0.398 e. The second kappa shape index (κ2) is 13.5. The Morgan fingerprint density at radius 2 is 1.21 bits per heavy atom. The predicted molar refractivity (Wildman–Crippen MR) is 123 cm³/mol. The van der Waals surface area contributed by atoms with E-state index in [0.29, 0.717) is 12.7 Å². The molecule has 0 aliphatic heterocycles. The first-order chi connectivity index (χ1) is 13.2. The van der Waals surface area contributed by atoms with Crippen molar-refractivity contribution in [2.24, 2.45) is 0 Å². The molecule has 0 aliphatic carbocycles. The van der Waals surface area contributed by atoms with Crippen LogP contribution in [0.25, 0.3) is 0 Å². The molecule has 1 rings (SSSR count). The molecule has 0 saturated carbocycles. The van der Waals surface area contributed by atoms with Crippen molar-refractivity contribution in [2.75, 3.05) is 32.2 Å². The van der Waals surface area contributed by atoms with Crippen LogP contribution in [-0.4, -0.2) is 70.8 Å². The van der Waals surface area contributed by atoms with E-state index in [-0.39, 0.29) is 16.8 Å². The number of aliphatic hydroxyl groups excluding tert-OH is 4. The van der Waals surface area contributed by atoms with Gasteiger partial charge in [-0.05, 0) is 57.7 Å². The van der Waals surface area contributed by atoms with Crippen molar-refractivity contribution >= 4 is 62.7 Å². The third-order valence-electron chi connectivity index (χ3n) is 3.68. The maximum atomic E-state index is 12.6. The summed E-state index contributed by atoms with van der Waals surface area (Å²) in [7, 11) is 0. The number of hydrogen-bond acceptors (Lipinski definition) is 7. The highest BCUT2D eigenvalue weighted by Crippen LogP contribution is 2.32. The number of nitrogen functional groups attached to an aromatic ring is 1. The molecule has 1 aromatic rings. The Balaban J connectivity index is 0.00000352. The molecule has 160 valence electrons. The second-order valence-electron chi connectivity index (χ2n) is 5.49. The molecule has 1 aromatic carbocycles. The molecule has 2 amide bonds. The fraction of sp³-hybridized carbons (Fsp3) is 0.529. The molecule has 0 spiro atoms. The monoisotopic (exact) mass is 623 g/mol. The molecule has 0 saturated heterocycles. The quantitative estimate of drug-likeness (QED) is 0.158. The number of halogens is 2. The van der Waals surface area contributed by atoms with E-state index in [4.69, 9.17) is 26.2 Å². The molecule has 0 atom stereocenters. The fourth-order valence-corrected chi connectivity index (χ4v) is 4.70. The number of nitrogens with two attached hydrogens (primary N) is 1. The Bertz CT molecular complexity index is 626. The first-order valence-corrected chi connectivity index (χ1v) is 10.7. The van der Waals surface area contributed by atoms with E-state index in [0.717, 1.165) is 0 Å². The van der Waals surface area contributed by atoms with Crippen LogP contribution in [0.5, 0.6) is 0 Å². The van der Waals surface area contributed by atoms with Gasteiger partial charge in [0.25, 0.3) is 11.8 Å². The Kier molecular flexibility index (Phi) is 13.1. The van der Waals surface area contributed by atoms with Crippen molar-refractivity contribution < 1.29 is 30.0 Å². The third kappa shape index (κ3) is 6.66. The molecule has 0 unspecified atom stereocenters. The maximum absolute atomic E-state index is 12.6. The van der Waals surface area contributed by atoms with Gasteiger partial charge in [-0.15, -0.1) is 0 Å². The van der Waals surface area contributed by atoms with E-state index in [1.54, 1.807) is 6.92 Å².